The lowest BCUT2D eigenvalue weighted by molar-refractivity contribution is -0.167. The minimum atomic E-state index is -0.808. The van der Waals surface area contributed by atoms with Crippen LogP contribution in [0.1, 0.15) is 284 Å². The third-order valence-electron chi connectivity index (χ3n) is 12.4. The van der Waals surface area contributed by atoms with Crippen LogP contribution in [0.4, 0.5) is 0 Å². The molecule has 6 heteroatoms. The van der Waals surface area contributed by atoms with E-state index >= 15 is 0 Å². The van der Waals surface area contributed by atoms with E-state index in [-0.39, 0.29) is 37.5 Å². The van der Waals surface area contributed by atoms with Crippen molar-refractivity contribution in [2.75, 3.05) is 13.2 Å². The molecule has 0 aromatic heterocycles. The molecule has 0 saturated carbocycles. The smallest absolute Gasteiger partial charge is 0.306 e. The number of hydrogen-bond donors (Lipinski definition) is 0. The topological polar surface area (TPSA) is 78.9 Å². The lowest BCUT2D eigenvalue weighted by Crippen LogP contribution is -2.30. The highest BCUT2D eigenvalue weighted by molar-refractivity contribution is 5.71. The van der Waals surface area contributed by atoms with Gasteiger partial charge < -0.3 is 14.2 Å². The third-order valence-corrected chi connectivity index (χ3v) is 12.4. The molecule has 1 atom stereocenters. The summed E-state index contributed by atoms with van der Waals surface area (Å²) in [5.74, 6) is -0.961. The molecule has 0 aliphatic rings. The first-order chi connectivity index (χ1) is 33.5. The Morgan fingerprint density at radius 3 is 0.897 bits per heavy atom. The van der Waals surface area contributed by atoms with Crippen molar-refractivity contribution in [2.24, 2.45) is 0 Å². The highest BCUT2D eigenvalue weighted by atomic mass is 16.6. The largest absolute Gasteiger partial charge is 0.462 e. The van der Waals surface area contributed by atoms with Gasteiger partial charge in [-0.3, -0.25) is 14.4 Å². The summed E-state index contributed by atoms with van der Waals surface area (Å²) < 4.78 is 16.8. The Hall–Kier alpha value is -3.15. The number of carbonyl (C=O) groups is 3. The molecule has 0 radical (unpaired) electrons. The van der Waals surface area contributed by atoms with Crippen LogP contribution in [0, 0.1) is 0 Å². The van der Waals surface area contributed by atoms with Crippen LogP contribution in [-0.2, 0) is 28.6 Å². The summed E-state index contributed by atoms with van der Waals surface area (Å²) in [5.41, 5.74) is 0. The number of carbonyl (C=O) groups excluding carboxylic acids is 3. The van der Waals surface area contributed by atoms with Gasteiger partial charge in [-0.1, -0.05) is 248 Å². The Morgan fingerprint density at radius 1 is 0.294 bits per heavy atom. The Kier molecular flexibility index (Phi) is 53.8. The van der Waals surface area contributed by atoms with E-state index in [1.54, 1.807) is 0 Å². The van der Waals surface area contributed by atoms with E-state index in [2.05, 4.69) is 93.7 Å². The second-order valence-electron chi connectivity index (χ2n) is 19.2. The SMILES string of the molecule is CCCCC/C=C\C/C=C\C/C=C\C/C=C\CCCC(=O)O[C@H](COC(=O)CCCCCCC/C=C\C/C=C\CCCCC)COC(=O)CCCCCCCCCCCCCCCCCCCC. The lowest BCUT2D eigenvalue weighted by Gasteiger charge is -2.18. The summed E-state index contributed by atoms with van der Waals surface area (Å²) in [6.45, 7) is 6.55. The van der Waals surface area contributed by atoms with Crippen molar-refractivity contribution < 1.29 is 28.6 Å². The zero-order valence-corrected chi connectivity index (χ0v) is 44.9. The molecule has 0 saturated heterocycles. The number of esters is 3. The monoisotopic (exact) mass is 949 g/mol. The number of ether oxygens (including phenoxy) is 3. The standard InChI is InChI=1S/C62H108O6/c1-4-7-10-13-16-19-22-25-28-30-32-34-37-40-43-46-49-52-55-61(64)67-58-59(57-66-60(63)54-51-48-45-42-39-36-33-27-24-21-18-15-12-9-6-3)68-62(65)56-53-50-47-44-41-38-35-31-29-26-23-20-17-14-11-8-5-2/h17-18,20-21,26-27,29,33,35,38,44,47,59H,4-16,19,22-25,28,30-32,34,36-37,39-43,45-46,48-58H2,1-3H3/b20-17-,21-18-,29-26-,33-27-,38-35-,47-44-/t59-/m1/s1. The second kappa shape index (κ2) is 56.4. The maximum absolute atomic E-state index is 12.8. The number of allylic oxidation sites excluding steroid dienone is 12. The van der Waals surface area contributed by atoms with Crippen molar-refractivity contribution in [2.45, 2.75) is 290 Å². The summed E-state index contributed by atoms with van der Waals surface area (Å²) in [6.07, 6.45) is 71.8. The molecule has 0 aromatic carbocycles. The highest BCUT2D eigenvalue weighted by Crippen LogP contribution is 2.16. The van der Waals surface area contributed by atoms with Gasteiger partial charge in [0.2, 0.25) is 0 Å². The van der Waals surface area contributed by atoms with Gasteiger partial charge in [0.15, 0.2) is 6.10 Å². The van der Waals surface area contributed by atoms with Crippen LogP contribution in [-0.4, -0.2) is 37.2 Å². The highest BCUT2D eigenvalue weighted by Gasteiger charge is 2.19. The Labute approximate surface area is 421 Å². The van der Waals surface area contributed by atoms with E-state index in [0.29, 0.717) is 19.3 Å². The van der Waals surface area contributed by atoms with Gasteiger partial charge >= 0.3 is 17.9 Å². The summed E-state index contributed by atoms with van der Waals surface area (Å²) >= 11 is 0. The van der Waals surface area contributed by atoms with Gasteiger partial charge in [0.1, 0.15) is 13.2 Å². The summed E-state index contributed by atoms with van der Waals surface area (Å²) in [5, 5.41) is 0. The molecule has 0 N–H and O–H groups in total. The molecule has 0 aliphatic carbocycles. The van der Waals surface area contributed by atoms with E-state index in [4.69, 9.17) is 14.2 Å². The first-order valence-electron chi connectivity index (χ1n) is 28.9. The molecule has 0 aliphatic heterocycles. The van der Waals surface area contributed by atoms with E-state index in [1.807, 2.05) is 0 Å². The van der Waals surface area contributed by atoms with Crippen LogP contribution < -0.4 is 0 Å². The first kappa shape index (κ1) is 64.8. The van der Waals surface area contributed by atoms with E-state index < -0.39 is 6.10 Å². The molecule has 0 unspecified atom stereocenters. The maximum Gasteiger partial charge on any atom is 0.306 e. The lowest BCUT2D eigenvalue weighted by atomic mass is 10.0. The zero-order valence-electron chi connectivity index (χ0n) is 44.9. The Morgan fingerprint density at radius 2 is 0.544 bits per heavy atom. The normalized spacial score (nSPS) is 12.6. The van der Waals surface area contributed by atoms with E-state index in [9.17, 15) is 14.4 Å². The summed E-state index contributed by atoms with van der Waals surface area (Å²) in [4.78, 5) is 38.1. The van der Waals surface area contributed by atoms with E-state index in [0.717, 1.165) is 89.9 Å². The average molecular weight is 950 g/mol. The van der Waals surface area contributed by atoms with Gasteiger partial charge in [-0.15, -0.1) is 0 Å². The van der Waals surface area contributed by atoms with Crippen molar-refractivity contribution in [3.05, 3.63) is 72.9 Å². The molecule has 0 spiro atoms. The Balaban J connectivity index is 4.46. The van der Waals surface area contributed by atoms with Gasteiger partial charge in [-0.2, -0.15) is 0 Å². The minimum Gasteiger partial charge on any atom is -0.462 e. The fourth-order valence-corrected chi connectivity index (χ4v) is 8.05. The molecule has 68 heavy (non-hydrogen) atoms. The third kappa shape index (κ3) is 53.8. The van der Waals surface area contributed by atoms with Crippen LogP contribution >= 0.6 is 0 Å². The Bertz CT molecular complexity index is 1270. The second-order valence-corrected chi connectivity index (χ2v) is 19.2. The van der Waals surface area contributed by atoms with E-state index in [1.165, 1.54) is 148 Å². The summed E-state index contributed by atoms with van der Waals surface area (Å²) in [6, 6.07) is 0. The van der Waals surface area contributed by atoms with Gasteiger partial charge in [0.05, 0.1) is 0 Å². The molecule has 0 fully saturated rings. The van der Waals surface area contributed by atoms with Crippen molar-refractivity contribution >= 4 is 17.9 Å². The number of unbranched alkanes of at least 4 members (excludes halogenated alkanes) is 29. The molecule has 0 bridgehead atoms. The quantitative estimate of drug-likeness (QED) is 0.0262. The van der Waals surface area contributed by atoms with Crippen molar-refractivity contribution in [1.29, 1.82) is 0 Å². The minimum absolute atomic E-state index is 0.0994. The van der Waals surface area contributed by atoms with Crippen molar-refractivity contribution in [3.8, 4) is 0 Å². The number of rotatable bonds is 52. The molecule has 0 heterocycles. The van der Waals surface area contributed by atoms with Crippen LogP contribution in [0.2, 0.25) is 0 Å². The number of hydrogen-bond acceptors (Lipinski definition) is 6. The van der Waals surface area contributed by atoms with Crippen LogP contribution in [0.15, 0.2) is 72.9 Å². The predicted octanol–water partition coefficient (Wildman–Crippen LogP) is 19.4. The van der Waals surface area contributed by atoms with Gasteiger partial charge in [0.25, 0.3) is 0 Å². The predicted molar refractivity (Wildman–Crippen MR) is 293 cm³/mol. The maximum atomic E-state index is 12.8. The van der Waals surface area contributed by atoms with Gasteiger partial charge in [0, 0.05) is 19.3 Å². The summed E-state index contributed by atoms with van der Waals surface area (Å²) in [7, 11) is 0. The van der Waals surface area contributed by atoms with Gasteiger partial charge in [-0.05, 0) is 89.9 Å². The molecule has 392 valence electrons. The molecule has 0 amide bonds. The van der Waals surface area contributed by atoms with Crippen LogP contribution in [0.5, 0.6) is 0 Å². The average Bonchev–Trinajstić information content (AvgIpc) is 3.34. The van der Waals surface area contributed by atoms with Crippen molar-refractivity contribution in [1.82, 2.24) is 0 Å². The van der Waals surface area contributed by atoms with Crippen LogP contribution in [0.25, 0.3) is 0 Å². The van der Waals surface area contributed by atoms with Gasteiger partial charge in [-0.25, -0.2) is 0 Å². The fraction of sp³-hybridized carbons (Fsp3) is 0.758. The molecular weight excluding hydrogens is 841 g/mol. The molecular formula is C62H108O6. The fourth-order valence-electron chi connectivity index (χ4n) is 8.05. The van der Waals surface area contributed by atoms with Crippen molar-refractivity contribution in [3.63, 3.8) is 0 Å². The first-order valence-corrected chi connectivity index (χ1v) is 28.9. The van der Waals surface area contributed by atoms with Crippen LogP contribution in [0.3, 0.4) is 0 Å². The molecule has 0 aromatic rings. The zero-order chi connectivity index (χ0) is 49.3. The molecule has 0 rings (SSSR count). The molecule has 6 nitrogen and oxygen atoms in total.